The molecule has 45 heavy (non-hydrogen) atoms. The quantitative estimate of drug-likeness (QED) is 0.0611. The molecule has 9 heteroatoms. The Bertz CT molecular complexity index is 884. The predicted octanol–water partition coefficient (Wildman–Crippen LogP) is 4.93. The molecule has 7 unspecified atom stereocenters. The Morgan fingerprint density at radius 2 is 1.38 bits per heavy atom. The highest BCUT2D eigenvalue weighted by atomic mass is 16.7. The molecule has 0 aromatic rings. The van der Waals surface area contributed by atoms with Gasteiger partial charge in [0.15, 0.2) is 6.29 Å². The molecule has 1 aliphatic heterocycles. The lowest BCUT2D eigenvalue weighted by molar-refractivity contribution is -0.302. The number of hydrogen-bond donors (Lipinski definition) is 6. The number of hydrogen-bond acceptors (Lipinski definition) is 8. The van der Waals surface area contributed by atoms with Gasteiger partial charge in [-0.15, -0.1) is 0 Å². The normalized spacial score (nSPS) is 24.1. The van der Waals surface area contributed by atoms with Crippen LogP contribution in [0.1, 0.15) is 104 Å². The number of nitrogens with one attached hydrogen (secondary N) is 1. The summed E-state index contributed by atoms with van der Waals surface area (Å²) in [4.78, 5) is 12.7. The van der Waals surface area contributed by atoms with E-state index in [0.717, 1.165) is 83.5 Å². The van der Waals surface area contributed by atoms with Crippen LogP contribution in [0.5, 0.6) is 0 Å². The van der Waals surface area contributed by atoms with Crippen molar-refractivity contribution in [3.05, 3.63) is 60.8 Å². The summed E-state index contributed by atoms with van der Waals surface area (Å²) in [5.74, 6) is -0.213. The number of aliphatic hydroxyl groups excluding tert-OH is 5. The minimum atomic E-state index is -1.57. The van der Waals surface area contributed by atoms with Crippen LogP contribution in [-0.4, -0.2) is 87.5 Å². The third kappa shape index (κ3) is 19.2. The van der Waals surface area contributed by atoms with E-state index in [4.69, 9.17) is 9.47 Å². The first-order chi connectivity index (χ1) is 21.8. The van der Waals surface area contributed by atoms with Crippen molar-refractivity contribution in [1.29, 1.82) is 0 Å². The fourth-order valence-electron chi connectivity index (χ4n) is 4.79. The zero-order chi connectivity index (χ0) is 33.1. The van der Waals surface area contributed by atoms with Gasteiger partial charge in [0.2, 0.25) is 5.91 Å². The lowest BCUT2D eigenvalue weighted by Crippen LogP contribution is -2.60. The molecule has 0 aromatic heterocycles. The molecule has 6 N–H and O–H groups in total. The zero-order valence-corrected chi connectivity index (χ0v) is 27.6. The highest BCUT2D eigenvalue weighted by molar-refractivity contribution is 5.76. The molecule has 0 saturated carbocycles. The standard InChI is InChI=1S/C36H61NO8/c1-3-5-7-9-10-11-12-13-14-15-16-17-18-19-20-22-24-26-32(40)37-29(30(39)25-23-21-8-6-4-2)28-44-36-35(43)34(42)33(41)31(27-38)45-36/h5,7,10-11,13-14,16-17,23,25,29-31,33-36,38-39,41-43H,3-4,6,8-9,12,15,18-22,24,26-28H2,1-2H3,(H,37,40)/b7-5-,11-10-,14-13-,17-16-,25-23+. The van der Waals surface area contributed by atoms with Crippen molar-refractivity contribution in [3.63, 3.8) is 0 Å². The predicted molar refractivity (Wildman–Crippen MR) is 179 cm³/mol. The summed E-state index contributed by atoms with van der Waals surface area (Å²) >= 11 is 0. The summed E-state index contributed by atoms with van der Waals surface area (Å²) in [6, 6.07) is -0.814. The van der Waals surface area contributed by atoms with Crippen molar-refractivity contribution in [3.8, 4) is 0 Å². The Balaban J connectivity index is 2.41. The Hall–Kier alpha value is -2.11. The van der Waals surface area contributed by atoms with Gasteiger partial charge >= 0.3 is 0 Å². The van der Waals surface area contributed by atoms with Gasteiger partial charge in [-0.05, 0) is 57.8 Å². The van der Waals surface area contributed by atoms with Crippen LogP contribution in [-0.2, 0) is 14.3 Å². The summed E-state index contributed by atoms with van der Waals surface area (Å²) < 4.78 is 11.0. The monoisotopic (exact) mass is 635 g/mol. The van der Waals surface area contributed by atoms with Crippen LogP contribution in [0.15, 0.2) is 60.8 Å². The molecule has 0 aliphatic carbocycles. The molecule has 258 valence electrons. The van der Waals surface area contributed by atoms with E-state index in [2.05, 4.69) is 67.8 Å². The van der Waals surface area contributed by atoms with Crippen LogP contribution in [0.25, 0.3) is 0 Å². The first-order valence-corrected chi connectivity index (χ1v) is 17.0. The molecule has 1 rings (SSSR count). The lowest BCUT2D eigenvalue weighted by atomic mass is 9.99. The van der Waals surface area contributed by atoms with Crippen LogP contribution in [0.2, 0.25) is 0 Å². The molecule has 1 aliphatic rings. The molecule has 0 spiro atoms. The van der Waals surface area contributed by atoms with Crippen molar-refractivity contribution in [2.75, 3.05) is 13.2 Å². The van der Waals surface area contributed by atoms with Crippen LogP contribution in [0.4, 0.5) is 0 Å². The summed E-state index contributed by atoms with van der Waals surface area (Å²) in [6.45, 7) is 3.48. The number of aliphatic hydroxyl groups is 5. The molecular formula is C36H61NO8. The van der Waals surface area contributed by atoms with E-state index in [9.17, 15) is 30.3 Å². The maximum Gasteiger partial charge on any atom is 0.220 e. The minimum absolute atomic E-state index is 0.205. The number of carbonyl (C=O) groups excluding carboxylic acids is 1. The van der Waals surface area contributed by atoms with Gasteiger partial charge in [-0.1, -0.05) is 100 Å². The third-order valence-electron chi connectivity index (χ3n) is 7.60. The van der Waals surface area contributed by atoms with Crippen LogP contribution in [0, 0.1) is 0 Å². The maximum absolute atomic E-state index is 12.7. The van der Waals surface area contributed by atoms with Gasteiger partial charge < -0.3 is 40.3 Å². The van der Waals surface area contributed by atoms with Gasteiger partial charge in [0, 0.05) is 6.42 Å². The SMILES string of the molecule is CC/C=C\C/C=C\C/C=C\C/C=C\CCCCCCC(=O)NC(COC1OC(CO)C(O)C(O)C1O)C(O)/C=C/CCCCC. The van der Waals surface area contributed by atoms with E-state index >= 15 is 0 Å². The fraction of sp³-hybridized carbons (Fsp3) is 0.694. The molecule has 0 aromatic carbocycles. The molecular weight excluding hydrogens is 574 g/mol. The van der Waals surface area contributed by atoms with E-state index in [1.54, 1.807) is 6.08 Å². The molecule has 1 heterocycles. The average Bonchev–Trinajstić information content (AvgIpc) is 3.03. The second kappa shape index (κ2) is 27.0. The Labute approximate surface area is 271 Å². The number of unbranched alkanes of at least 4 members (excludes halogenated alkanes) is 7. The third-order valence-corrected chi connectivity index (χ3v) is 7.60. The summed E-state index contributed by atoms with van der Waals surface area (Å²) in [7, 11) is 0. The van der Waals surface area contributed by atoms with Crippen LogP contribution < -0.4 is 5.32 Å². The molecule has 1 saturated heterocycles. The van der Waals surface area contributed by atoms with Crippen LogP contribution in [0.3, 0.4) is 0 Å². The first-order valence-electron chi connectivity index (χ1n) is 17.0. The highest BCUT2D eigenvalue weighted by Crippen LogP contribution is 2.22. The fourth-order valence-corrected chi connectivity index (χ4v) is 4.79. The number of ether oxygens (including phenoxy) is 2. The molecule has 9 nitrogen and oxygen atoms in total. The van der Waals surface area contributed by atoms with E-state index < -0.39 is 49.5 Å². The van der Waals surface area contributed by atoms with E-state index in [1.807, 2.05) is 6.08 Å². The maximum atomic E-state index is 12.7. The van der Waals surface area contributed by atoms with Crippen LogP contribution >= 0.6 is 0 Å². The lowest BCUT2D eigenvalue weighted by Gasteiger charge is -2.40. The molecule has 1 amide bonds. The van der Waals surface area contributed by atoms with Crippen molar-refractivity contribution >= 4 is 5.91 Å². The zero-order valence-electron chi connectivity index (χ0n) is 27.6. The number of rotatable bonds is 25. The minimum Gasteiger partial charge on any atom is -0.394 e. The van der Waals surface area contributed by atoms with E-state index in [0.29, 0.717) is 6.42 Å². The van der Waals surface area contributed by atoms with Gasteiger partial charge in [0.05, 0.1) is 25.4 Å². The van der Waals surface area contributed by atoms with Gasteiger partial charge in [-0.2, -0.15) is 0 Å². The number of allylic oxidation sites excluding steroid dienone is 9. The van der Waals surface area contributed by atoms with Gasteiger partial charge in [0.1, 0.15) is 24.4 Å². The second-order valence-corrected chi connectivity index (χ2v) is 11.6. The molecule has 0 bridgehead atoms. The Morgan fingerprint density at radius 3 is 2.02 bits per heavy atom. The largest absolute Gasteiger partial charge is 0.394 e. The summed E-state index contributed by atoms with van der Waals surface area (Å²) in [5, 5.41) is 53.4. The van der Waals surface area contributed by atoms with Crippen molar-refractivity contribution in [1.82, 2.24) is 5.32 Å². The number of amides is 1. The van der Waals surface area contributed by atoms with Gasteiger partial charge in [-0.25, -0.2) is 0 Å². The number of carbonyl (C=O) groups is 1. The van der Waals surface area contributed by atoms with E-state index in [1.165, 1.54) is 0 Å². The topological polar surface area (TPSA) is 149 Å². The van der Waals surface area contributed by atoms with Crippen molar-refractivity contribution in [2.45, 2.75) is 147 Å². The smallest absolute Gasteiger partial charge is 0.220 e. The van der Waals surface area contributed by atoms with Crippen molar-refractivity contribution < 1.29 is 39.8 Å². The summed E-state index contributed by atoms with van der Waals surface area (Å²) in [5.41, 5.74) is 0. The van der Waals surface area contributed by atoms with Gasteiger partial charge in [-0.3, -0.25) is 4.79 Å². The molecule has 7 atom stereocenters. The Kier molecular flexibility index (Phi) is 24.6. The molecule has 0 radical (unpaired) electrons. The van der Waals surface area contributed by atoms with E-state index in [-0.39, 0.29) is 12.5 Å². The first kappa shape index (κ1) is 40.9. The summed E-state index contributed by atoms with van der Waals surface area (Å²) in [6.07, 6.45) is 25.9. The van der Waals surface area contributed by atoms with Gasteiger partial charge in [0.25, 0.3) is 0 Å². The Morgan fingerprint density at radius 1 is 0.778 bits per heavy atom. The highest BCUT2D eigenvalue weighted by Gasteiger charge is 2.44. The van der Waals surface area contributed by atoms with Crippen molar-refractivity contribution in [2.24, 2.45) is 0 Å². The second-order valence-electron chi connectivity index (χ2n) is 11.6. The average molecular weight is 636 g/mol. The molecule has 1 fully saturated rings.